The fourth-order valence-electron chi connectivity index (χ4n) is 9.13. The zero-order valence-corrected chi connectivity index (χ0v) is 36.7. The SMILES string of the molecule is CC(C)[C@H](NC1(C(=O)CCOCCOCCOCCNC(C)(C)C)CCCC1)C(=O)N[C@@H](CCCNC(N)=O)C(=O)C12CCC[C@@H](CC1)C(C)(C)c1ccc(cc1)N2. The lowest BCUT2D eigenvalue weighted by atomic mass is 9.69. The Morgan fingerprint density at radius 1 is 0.845 bits per heavy atom. The standard InChI is InChI=1S/C45H76N6O7/c1-32(2)38(51-44(20-8-9-21-44)37(52)19-26-56-28-30-58-31-29-57-27-25-48-42(3,4)5)40(54)49-36(13-11-24-47-41(46)55)39(53)45-22-10-12-33(18-23-45)43(6,7)34-14-16-35(50-45)17-15-34/h14-17,32-33,36,38,48,50-51H,8-13,18-31H2,1-7H3,(H,49,54)(H3,46,47,55)/t33-,36-,38-,45?/m0/s1. The number of benzene rings is 1. The molecule has 1 unspecified atom stereocenters. The minimum absolute atomic E-state index is 0.0349. The van der Waals surface area contributed by atoms with Crippen LogP contribution in [-0.2, 0) is 34.0 Å². The summed E-state index contributed by atoms with van der Waals surface area (Å²) in [7, 11) is 0. The van der Waals surface area contributed by atoms with Gasteiger partial charge in [0, 0.05) is 30.7 Å². The molecule has 0 saturated heterocycles. The van der Waals surface area contributed by atoms with E-state index in [-0.39, 0.29) is 53.9 Å². The summed E-state index contributed by atoms with van der Waals surface area (Å²) in [6.45, 7) is 18.6. The molecule has 1 aromatic carbocycles. The third-order valence-electron chi connectivity index (χ3n) is 12.7. The molecule has 2 saturated carbocycles. The number of Topliss-reactive ketones (excluding diaryl/α,β-unsaturated/α-hetero) is 2. The molecule has 58 heavy (non-hydrogen) atoms. The third-order valence-corrected chi connectivity index (χ3v) is 12.7. The first-order chi connectivity index (χ1) is 27.5. The Morgan fingerprint density at radius 2 is 1.48 bits per heavy atom. The summed E-state index contributed by atoms with van der Waals surface area (Å²) in [5.41, 5.74) is 5.86. The molecule has 3 amide bonds. The van der Waals surface area contributed by atoms with Crippen LogP contribution in [0.3, 0.4) is 0 Å². The van der Waals surface area contributed by atoms with Crippen LogP contribution in [0.1, 0.15) is 131 Å². The Morgan fingerprint density at radius 3 is 2.10 bits per heavy atom. The van der Waals surface area contributed by atoms with E-state index in [4.69, 9.17) is 19.9 Å². The monoisotopic (exact) mass is 813 g/mol. The van der Waals surface area contributed by atoms with Crippen molar-refractivity contribution >= 4 is 29.2 Å². The lowest BCUT2D eigenvalue weighted by Gasteiger charge is -2.40. The van der Waals surface area contributed by atoms with Crippen LogP contribution in [0, 0.1) is 11.8 Å². The summed E-state index contributed by atoms with van der Waals surface area (Å²) in [4.78, 5) is 54.9. The normalized spacial score (nSPS) is 22.2. The van der Waals surface area contributed by atoms with Crippen molar-refractivity contribution in [1.29, 1.82) is 0 Å². The number of anilines is 1. The second-order valence-electron chi connectivity index (χ2n) is 18.8. The number of fused-ring (bicyclic) bond motifs is 2. The molecule has 2 fully saturated rings. The van der Waals surface area contributed by atoms with E-state index >= 15 is 4.79 Å². The van der Waals surface area contributed by atoms with Crippen molar-refractivity contribution in [3.63, 3.8) is 0 Å². The number of carbonyl (C=O) groups excluding carboxylic acids is 4. The summed E-state index contributed by atoms with van der Waals surface area (Å²) >= 11 is 0. The van der Waals surface area contributed by atoms with Crippen molar-refractivity contribution in [2.24, 2.45) is 17.6 Å². The summed E-state index contributed by atoms with van der Waals surface area (Å²) in [6, 6.07) is 6.33. The van der Waals surface area contributed by atoms with Gasteiger partial charge in [0.2, 0.25) is 5.91 Å². The summed E-state index contributed by atoms with van der Waals surface area (Å²) in [5, 5.41) is 16.4. The number of amides is 3. The minimum Gasteiger partial charge on any atom is -0.379 e. The smallest absolute Gasteiger partial charge is 0.312 e. The fraction of sp³-hybridized carbons (Fsp3) is 0.778. The van der Waals surface area contributed by atoms with Gasteiger partial charge in [-0.1, -0.05) is 59.1 Å². The summed E-state index contributed by atoms with van der Waals surface area (Å²) in [5.74, 6) is -0.0523. The number of nitrogens with one attached hydrogen (secondary N) is 5. The lowest BCUT2D eigenvalue weighted by molar-refractivity contribution is -0.134. The first kappa shape index (κ1) is 47.6. The molecule has 7 N–H and O–H groups in total. The van der Waals surface area contributed by atoms with Gasteiger partial charge in [-0.2, -0.15) is 0 Å². The molecule has 1 aromatic rings. The molecule has 4 bridgehead atoms. The van der Waals surface area contributed by atoms with Gasteiger partial charge >= 0.3 is 6.03 Å². The number of ketones is 2. The highest BCUT2D eigenvalue weighted by Crippen LogP contribution is 2.45. The molecule has 2 aliphatic heterocycles. The number of rotatable bonds is 24. The van der Waals surface area contributed by atoms with Crippen molar-refractivity contribution in [1.82, 2.24) is 21.3 Å². The lowest BCUT2D eigenvalue weighted by Crippen LogP contribution is -2.63. The maximum atomic E-state index is 15.1. The van der Waals surface area contributed by atoms with Gasteiger partial charge in [-0.25, -0.2) is 4.79 Å². The molecule has 2 heterocycles. The van der Waals surface area contributed by atoms with Crippen LogP contribution in [0.4, 0.5) is 10.5 Å². The van der Waals surface area contributed by atoms with Gasteiger partial charge < -0.3 is 41.2 Å². The average Bonchev–Trinajstić information content (AvgIpc) is 3.53. The second kappa shape index (κ2) is 21.9. The minimum atomic E-state index is -0.870. The second-order valence-corrected chi connectivity index (χ2v) is 18.8. The topological polar surface area (TPSA) is 182 Å². The van der Waals surface area contributed by atoms with Gasteiger partial charge in [0.15, 0.2) is 11.6 Å². The van der Waals surface area contributed by atoms with Crippen molar-refractivity contribution in [2.45, 2.75) is 160 Å². The molecule has 0 radical (unpaired) electrons. The predicted octanol–water partition coefficient (Wildman–Crippen LogP) is 5.54. The summed E-state index contributed by atoms with van der Waals surface area (Å²) < 4.78 is 17.0. The van der Waals surface area contributed by atoms with Crippen molar-refractivity contribution in [2.75, 3.05) is 58.0 Å². The van der Waals surface area contributed by atoms with E-state index in [0.29, 0.717) is 77.5 Å². The van der Waals surface area contributed by atoms with Gasteiger partial charge in [-0.05, 0) is 107 Å². The quantitative estimate of drug-likeness (QED) is 0.0726. The number of urea groups is 1. The van der Waals surface area contributed by atoms with Gasteiger partial charge in [-0.15, -0.1) is 0 Å². The highest BCUT2D eigenvalue weighted by molar-refractivity contribution is 5.99. The van der Waals surface area contributed by atoms with Crippen LogP contribution < -0.4 is 32.3 Å². The Balaban J connectivity index is 1.39. The number of hydrogen-bond acceptors (Lipinski definition) is 10. The molecule has 0 aromatic heterocycles. The molecule has 4 aliphatic rings. The van der Waals surface area contributed by atoms with Crippen LogP contribution in [0.25, 0.3) is 0 Å². The zero-order valence-electron chi connectivity index (χ0n) is 36.7. The van der Waals surface area contributed by atoms with Gasteiger partial charge in [0.05, 0.1) is 62.8 Å². The van der Waals surface area contributed by atoms with Crippen LogP contribution in [0.2, 0.25) is 0 Å². The van der Waals surface area contributed by atoms with Crippen LogP contribution >= 0.6 is 0 Å². The highest BCUT2D eigenvalue weighted by atomic mass is 16.5. The van der Waals surface area contributed by atoms with Gasteiger partial charge in [0.1, 0.15) is 0 Å². The number of primary amides is 1. The molecule has 0 spiro atoms. The van der Waals surface area contributed by atoms with E-state index in [2.05, 4.69) is 85.5 Å². The number of ether oxygens (including phenoxy) is 3. The van der Waals surface area contributed by atoms with Crippen LogP contribution in [0.5, 0.6) is 0 Å². The molecule has 328 valence electrons. The van der Waals surface area contributed by atoms with Crippen LogP contribution in [-0.4, -0.2) is 105 Å². The number of hydrogen-bond donors (Lipinski definition) is 6. The molecule has 5 rings (SSSR count). The molecule has 13 heteroatoms. The molecule has 2 aliphatic carbocycles. The Bertz CT molecular complexity index is 1470. The van der Waals surface area contributed by atoms with Crippen LogP contribution in [0.15, 0.2) is 24.3 Å². The summed E-state index contributed by atoms with van der Waals surface area (Å²) in [6.07, 6.45) is 8.17. The Hall–Kier alpha value is -3.10. The molecule has 4 atom stereocenters. The fourth-order valence-corrected chi connectivity index (χ4v) is 9.13. The van der Waals surface area contributed by atoms with E-state index in [0.717, 1.165) is 44.3 Å². The molecule has 13 nitrogen and oxygen atoms in total. The Labute approximate surface area is 348 Å². The number of nitrogens with two attached hydrogens (primary N) is 1. The van der Waals surface area contributed by atoms with E-state index in [1.165, 1.54) is 5.56 Å². The van der Waals surface area contributed by atoms with Crippen molar-refractivity contribution in [3.05, 3.63) is 29.8 Å². The average molecular weight is 813 g/mol. The van der Waals surface area contributed by atoms with Gasteiger partial charge in [-0.3, -0.25) is 19.7 Å². The Kier molecular flexibility index (Phi) is 18.0. The molecular weight excluding hydrogens is 737 g/mol. The maximum absolute atomic E-state index is 15.1. The first-order valence-corrected chi connectivity index (χ1v) is 22.0. The predicted molar refractivity (Wildman–Crippen MR) is 229 cm³/mol. The van der Waals surface area contributed by atoms with Gasteiger partial charge in [0.25, 0.3) is 0 Å². The zero-order chi connectivity index (χ0) is 42.4. The third kappa shape index (κ3) is 13.7. The molecular formula is C45H76N6O7. The largest absolute Gasteiger partial charge is 0.379 e. The van der Waals surface area contributed by atoms with E-state index in [1.54, 1.807) is 0 Å². The maximum Gasteiger partial charge on any atom is 0.312 e. The van der Waals surface area contributed by atoms with Crippen molar-refractivity contribution < 1.29 is 33.4 Å². The van der Waals surface area contributed by atoms with E-state index in [9.17, 15) is 14.4 Å². The highest BCUT2D eigenvalue weighted by Gasteiger charge is 2.48. The number of carbonyl (C=O) groups is 4. The van der Waals surface area contributed by atoms with E-state index < -0.39 is 29.2 Å². The van der Waals surface area contributed by atoms with E-state index in [1.807, 2.05) is 13.8 Å². The first-order valence-electron chi connectivity index (χ1n) is 22.0. The van der Waals surface area contributed by atoms with Crippen molar-refractivity contribution in [3.8, 4) is 0 Å².